The number of aromatic nitrogens is 1. The van der Waals surface area contributed by atoms with Gasteiger partial charge in [-0.15, -0.1) is 0 Å². The lowest BCUT2D eigenvalue weighted by Gasteiger charge is -2.02. The molecule has 0 aliphatic rings. The Labute approximate surface area is 83.9 Å². The van der Waals surface area contributed by atoms with Gasteiger partial charge in [0.1, 0.15) is 0 Å². The van der Waals surface area contributed by atoms with Crippen molar-refractivity contribution in [2.24, 2.45) is 0 Å². The zero-order chi connectivity index (χ0) is 10.6. The minimum Gasteiger partial charge on any atom is -0.322 e. The van der Waals surface area contributed by atoms with E-state index in [1.54, 1.807) is 18.3 Å². The van der Waals surface area contributed by atoms with E-state index in [-0.39, 0.29) is 5.91 Å². The van der Waals surface area contributed by atoms with E-state index in [1.807, 2.05) is 26.8 Å². The molecular weight excluding hydrogens is 176 g/mol. The van der Waals surface area contributed by atoms with Crippen LogP contribution in [0.3, 0.4) is 0 Å². The van der Waals surface area contributed by atoms with E-state index in [2.05, 4.69) is 10.3 Å². The molecule has 0 saturated carbocycles. The van der Waals surface area contributed by atoms with E-state index >= 15 is 0 Å². The molecule has 3 heteroatoms. The molecule has 1 rings (SSSR count). The van der Waals surface area contributed by atoms with Crippen molar-refractivity contribution in [3.63, 3.8) is 0 Å². The zero-order valence-corrected chi connectivity index (χ0v) is 8.66. The van der Waals surface area contributed by atoms with E-state index in [9.17, 15) is 4.79 Å². The van der Waals surface area contributed by atoms with Crippen LogP contribution in [0.1, 0.15) is 19.5 Å². The second-order valence-corrected chi connectivity index (χ2v) is 3.40. The molecule has 0 bridgehead atoms. The number of pyridine rings is 1. The Bertz CT molecular complexity index is 365. The normalized spacial score (nSPS) is 9.36. The number of hydrogen-bond donors (Lipinski definition) is 1. The lowest BCUT2D eigenvalue weighted by Crippen LogP contribution is -2.08. The third-order valence-electron chi connectivity index (χ3n) is 1.58. The number of amides is 1. The number of carbonyl (C=O) groups excluding carboxylic acids is 1. The summed E-state index contributed by atoms with van der Waals surface area (Å²) in [6.45, 7) is 5.66. The lowest BCUT2D eigenvalue weighted by molar-refractivity contribution is -0.111. The summed E-state index contributed by atoms with van der Waals surface area (Å²) in [5.74, 6) is -0.101. The smallest absolute Gasteiger partial charge is 0.248 e. The Hall–Kier alpha value is -1.64. The van der Waals surface area contributed by atoms with E-state index in [4.69, 9.17) is 0 Å². The van der Waals surface area contributed by atoms with Gasteiger partial charge in [-0.2, -0.15) is 0 Å². The van der Waals surface area contributed by atoms with Crippen molar-refractivity contribution in [3.8, 4) is 0 Å². The first-order chi connectivity index (χ1) is 6.58. The first kappa shape index (κ1) is 10.4. The minimum absolute atomic E-state index is 0.101. The third-order valence-corrected chi connectivity index (χ3v) is 1.58. The largest absolute Gasteiger partial charge is 0.322 e. The van der Waals surface area contributed by atoms with Crippen molar-refractivity contribution in [1.29, 1.82) is 0 Å². The molecule has 1 N–H and O–H groups in total. The minimum atomic E-state index is -0.101. The molecule has 0 spiro atoms. The van der Waals surface area contributed by atoms with Gasteiger partial charge in [-0.25, -0.2) is 0 Å². The summed E-state index contributed by atoms with van der Waals surface area (Å²) >= 11 is 0. The van der Waals surface area contributed by atoms with Gasteiger partial charge in [-0.3, -0.25) is 9.78 Å². The second kappa shape index (κ2) is 4.56. The van der Waals surface area contributed by atoms with Crippen LogP contribution < -0.4 is 5.32 Å². The van der Waals surface area contributed by atoms with Crippen LogP contribution in [-0.4, -0.2) is 10.9 Å². The van der Waals surface area contributed by atoms with Gasteiger partial charge in [-0.1, -0.05) is 5.57 Å². The van der Waals surface area contributed by atoms with Crippen LogP contribution in [0, 0.1) is 6.92 Å². The number of nitrogens with one attached hydrogen (secondary N) is 1. The Morgan fingerprint density at radius 3 is 2.79 bits per heavy atom. The topological polar surface area (TPSA) is 42.0 Å². The molecule has 1 heterocycles. The first-order valence-electron chi connectivity index (χ1n) is 4.46. The lowest BCUT2D eigenvalue weighted by atomic mass is 10.3. The van der Waals surface area contributed by atoms with Crippen LogP contribution in [0.4, 0.5) is 5.69 Å². The highest BCUT2D eigenvalue weighted by Gasteiger charge is 1.98. The predicted molar refractivity (Wildman–Crippen MR) is 57.0 cm³/mol. The predicted octanol–water partition coefficient (Wildman–Crippen LogP) is 2.29. The average molecular weight is 190 g/mol. The molecule has 14 heavy (non-hydrogen) atoms. The Morgan fingerprint density at radius 1 is 1.50 bits per heavy atom. The molecule has 0 radical (unpaired) electrons. The Balaban J connectivity index is 2.70. The average Bonchev–Trinajstić information content (AvgIpc) is 2.01. The Kier molecular flexibility index (Phi) is 3.40. The van der Waals surface area contributed by atoms with Crippen LogP contribution >= 0.6 is 0 Å². The number of nitrogens with zero attached hydrogens (tertiary/aromatic N) is 1. The van der Waals surface area contributed by atoms with Crippen molar-refractivity contribution < 1.29 is 4.79 Å². The number of hydrogen-bond acceptors (Lipinski definition) is 2. The molecule has 0 aliphatic carbocycles. The van der Waals surface area contributed by atoms with Crippen LogP contribution in [-0.2, 0) is 4.79 Å². The molecule has 0 aliphatic heterocycles. The molecule has 0 atom stereocenters. The van der Waals surface area contributed by atoms with Crippen LogP contribution in [0.2, 0.25) is 0 Å². The van der Waals surface area contributed by atoms with Crippen molar-refractivity contribution >= 4 is 11.6 Å². The Morgan fingerprint density at radius 2 is 2.21 bits per heavy atom. The van der Waals surface area contributed by atoms with Crippen molar-refractivity contribution in [2.75, 3.05) is 5.32 Å². The fourth-order valence-electron chi connectivity index (χ4n) is 1.06. The molecule has 1 aromatic heterocycles. The van der Waals surface area contributed by atoms with Gasteiger partial charge in [0.15, 0.2) is 0 Å². The van der Waals surface area contributed by atoms with Crippen molar-refractivity contribution in [1.82, 2.24) is 4.98 Å². The first-order valence-corrected chi connectivity index (χ1v) is 4.46. The van der Waals surface area contributed by atoms with Crippen LogP contribution in [0.15, 0.2) is 30.0 Å². The summed E-state index contributed by atoms with van der Waals surface area (Å²) in [4.78, 5) is 15.4. The van der Waals surface area contributed by atoms with Gasteiger partial charge in [0.05, 0.1) is 0 Å². The third kappa shape index (κ3) is 3.39. The molecule has 1 amide bonds. The van der Waals surface area contributed by atoms with E-state index in [1.165, 1.54) is 0 Å². The van der Waals surface area contributed by atoms with Gasteiger partial charge in [-0.05, 0) is 32.9 Å². The highest BCUT2D eigenvalue weighted by molar-refractivity contribution is 5.99. The number of carbonyl (C=O) groups is 1. The molecule has 0 saturated heterocycles. The SMILES string of the molecule is CC(C)=CC(=O)Nc1ccnc(C)c1. The number of anilines is 1. The number of rotatable bonds is 2. The molecule has 74 valence electrons. The zero-order valence-electron chi connectivity index (χ0n) is 8.66. The summed E-state index contributed by atoms with van der Waals surface area (Å²) in [7, 11) is 0. The monoisotopic (exact) mass is 190 g/mol. The highest BCUT2D eigenvalue weighted by atomic mass is 16.1. The van der Waals surface area contributed by atoms with E-state index in [0.29, 0.717) is 0 Å². The van der Waals surface area contributed by atoms with Crippen LogP contribution in [0.5, 0.6) is 0 Å². The van der Waals surface area contributed by atoms with Gasteiger partial charge in [0, 0.05) is 23.7 Å². The van der Waals surface area contributed by atoms with Crippen molar-refractivity contribution in [2.45, 2.75) is 20.8 Å². The summed E-state index contributed by atoms with van der Waals surface area (Å²) in [6.07, 6.45) is 3.24. The standard InChI is InChI=1S/C11H14N2O/c1-8(2)6-11(14)13-10-4-5-12-9(3)7-10/h4-7H,1-3H3,(H,12,13,14). The quantitative estimate of drug-likeness (QED) is 0.727. The molecule has 3 nitrogen and oxygen atoms in total. The molecule has 0 unspecified atom stereocenters. The summed E-state index contributed by atoms with van der Waals surface area (Å²) in [5.41, 5.74) is 2.65. The fraction of sp³-hybridized carbons (Fsp3) is 0.273. The summed E-state index contributed by atoms with van der Waals surface area (Å²) < 4.78 is 0. The van der Waals surface area contributed by atoms with Gasteiger partial charge in [0.25, 0.3) is 0 Å². The fourth-order valence-corrected chi connectivity index (χ4v) is 1.06. The van der Waals surface area contributed by atoms with Crippen LogP contribution in [0.25, 0.3) is 0 Å². The maximum Gasteiger partial charge on any atom is 0.248 e. The van der Waals surface area contributed by atoms with Crippen molar-refractivity contribution in [3.05, 3.63) is 35.7 Å². The van der Waals surface area contributed by atoms with E-state index < -0.39 is 0 Å². The van der Waals surface area contributed by atoms with E-state index in [0.717, 1.165) is 17.0 Å². The molecule has 0 aromatic carbocycles. The maximum absolute atomic E-state index is 11.3. The number of aryl methyl sites for hydroxylation is 1. The van der Waals surface area contributed by atoms with Gasteiger partial charge < -0.3 is 5.32 Å². The molecule has 1 aromatic rings. The number of allylic oxidation sites excluding steroid dienone is 1. The summed E-state index contributed by atoms with van der Waals surface area (Å²) in [6, 6.07) is 3.60. The highest BCUT2D eigenvalue weighted by Crippen LogP contribution is 2.07. The summed E-state index contributed by atoms with van der Waals surface area (Å²) in [5, 5.41) is 2.76. The molecular formula is C11H14N2O. The van der Waals surface area contributed by atoms with Gasteiger partial charge in [0.2, 0.25) is 5.91 Å². The second-order valence-electron chi connectivity index (χ2n) is 3.40. The molecule has 0 fully saturated rings. The van der Waals surface area contributed by atoms with Gasteiger partial charge >= 0.3 is 0 Å². The maximum atomic E-state index is 11.3.